The summed E-state index contributed by atoms with van der Waals surface area (Å²) >= 11 is 0. The number of piperidine rings is 1. The number of anilines is 1. The molecule has 8 nitrogen and oxygen atoms in total. The molecule has 1 unspecified atom stereocenters. The number of likely N-dealkylation sites (tertiary alicyclic amines) is 1. The SMILES string of the molecule is COC(=O)C1CCN(C(C)C(=O)Nc2cccc([N+](=O)[O-])c2)CC1. The third-order valence-corrected chi connectivity index (χ3v) is 4.32. The number of non-ortho nitro benzene ring substituents is 1. The molecular weight excluding hydrogens is 314 g/mol. The first-order valence-corrected chi connectivity index (χ1v) is 7.79. The Morgan fingerprint density at radius 1 is 1.38 bits per heavy atom. The molecule has 1 aliphatic heterocycles. The summed E-state index contributed by atoms with van der Waals surface area (Å²) in [7, 11) is 1.38. The van der Waals surface area contributed by atoms with E-state index in [2.05, 4.69) is 5.32 Å². The zero-order valence-corrected chi connectivity index (χ0v) is 13.7. The summed E-state index contributed by atoms with van der Waals surface area (Å²) in [6.45, 7) is 3.04. The zero-order valence-electron chi connectivity index (χ0n) is 13.7. The van der Waals surface area contributed by atoms with Gasteiger partial charge in [0.05, 0.1) is 24.0 Å². The van der Waals surface area contributed by atoms with E-state index < -0.39 is 4.92 Å². The molecule has 0 saturated carbocycles. The molecule has 0 spiro atoms. The minimum absolute atomic E-state index is 0.0701. The molecule has 1 N–H and O–H groups in total. The minimum Gasteiger partial charge on any atom is -0.469 e. The van der Waals surface area contributed by atoms with Gasteiger partial charge >= 0.3 is 5.97 Å². The lowest BCUT2D eigenvalue weighted by Crippen LogP contribution is -2.47. The Morgan fingerprint density at radius 3 is 2.62 bits per heavy atom. The molecule has 1 atom stereocenters. The molecule has 0 aliphatic carbocycles. The van der Waals surface area contributed by atoms with E-state index in [1.165, 1.54) is 25.3 Å². The van der Waals surface area contributed by atoms with Gasteiger partial charge in [0.25, 0.3) is 5.69 Å². The second kappa shape index (κ2) is 7.87. The van der Waals surface area contributed by atoms with Gasteiger partial charge in [-0.2, -0.15) is 0 Å². The first kappa shape index (κ1) is 17.9. The minimum atomic E-state index is -0.503. The molecule has 130 valence electrons. The quantitative estimate of drug-likeness (QED) is 0.500. The van der Waals surface area contributed by atoms with Crippen molar-refractivity contribution >= 4 is 23.3 Å². The molecule has 2 rings (SSSR count). The smallest absolute Gasteiger partial charge is 0.308 e. The van der Waals surface area contributed by atoms with Gasteiger partial charge in [0, 0.05) is 17.8 Å². The van der Waals surface area contributed by atoms with Crippen LogP contribution in [0, 0.1) is 16.0 Å². The Bertz CT molecular complexity index is 626. The number of hydrogen-bond acceptors (Lipinski definition) is 6. The van der Waals surface area contributed by atoms with Gasteiger partial charge in [-0.1, -0.05) is 6.07 Å². The summed E-state index contributed by atoms with van der Waals surface area (Å²) in [6.07, 6.45) is 1.31. The predicted molar refractivity (Wildman–Crippen MR) is 87.5 cm³/mol. The molecule has 24 heavy (non-hydrogen) atoms. The average molecular weight is 335 g/mol. The van der Waals surface area contributed by atoms with Crippen LogP contribution in [0.5, 0.6) is 0 Å². The highest BCUT2D eigenvalue weighted by molar-refractivity contribution is 5.94. The lowest BCUT2D eigenvalue weighted by molar-refractivity contribution is -0.384. The molecule has 0 aromatic heterocycles. The number of methoxy groups -OCH3 is 1. The number of carbonyl (C=O) groups excluding carboxylic acids is 2. The monoisotopic (exact) mass is 335 g/mol. The number of carbonyl (C=O) groups is 2. The van der Waals surface area contributed by atoms with Crippen molar-refractivity contribution in [2.75, 3.05) is 25.5 Å². The number of esters is 1. The number of hydrogen-bond donors (Lipinski definition) is 1. The van der Waals surface area contributed by atoms with Crippen LogP contribution in [0.1, 0.15) is 19.8 Å². The molecule has 1 aromatic carbocycles. The highest BCUT2D eigenvalue weighted by Gasteiger charge is 2.30. The maximum atomic E-state index is 12.4. The van der Waals surface area contributed by atoms with E-state index in [0.29, 0.717) is 31.6 Å². The first-order valence-electron chi connectivity index (χ1n) is 7.79. The van der Waals surface area contributed by atoms with Gasteiger partial charge in [0.15, 0.2) is 0 Å². The molecule has 1 amide bonds. The van der Waals surface area contributed by atoms with Gasteiger partial charge in [0.1, 0.15) is 0 Å². The van der Waals surface area contributed by atoms with Gasteiger partial charge in [-0.15, -0.1) is 0 Å². The maximum absolute atomic E-state index is 12.4. The molecule has 1 saturated heterocycles. The summed E-state index contributed by atoms with van der Waals surface area (Å²) in [5.74, 6) is -0.548. The number of ether oxygens (including phenoxy) is 1. The second-order valence-corrected chi connectivity index (χ2v) is 5.81. The number of rotatable bonds is 5. The molecule has 1 heterocycles. The lowest BCUT2D eigenvalue weighted by atomic mass is 9.96. The Balaban J connectivity index is 1.92. The Morgan fingerprint density at radius 2 is 2.04 bits per heavy atom. The molecule has 1 aliphatic rings. The molecule has 1 aromatic rings. The van der Waals surface area contributed by atoms with E-state index in [9.17, 15) is 19.7 Å². The van der Waals surface area contributed by atoms with Crippen LogP contribution in [0.15, 0.2) is 24.3 Å². The van der Waals surface area contributed by atoms with Crippen LogP contribution in [-0.4, -0.2) is 47.9 Å². The van der Waals surface area contributed by atoms with Crippen molar-refractivity contribution in [2.24, 2.45) is 5.92 Å². The Kier molecular flexibility index (Phi) is 5.86. The number of amides is 1. The molecule has 0 radical (unpaired) electrons. The number of nitrogens with zero attached hydrogens (tertiary/aromatic N) is 2. The zero-order chi connectivity index (χ0) is 17.7. The number of nitro benzene ring substituents is 1. The second-order valence-electron chi connectivity index (χ2n) is 5.81. The van der Waals surface area contributed by atoms with Crippen LogP contribution in [-0.2, 0) is 14.3 Å². The Labute approximate surface area is 139 Å². The lowest BCUT2D eigenvalue weighted by Gasteiger charge is -2.34. The van der Waals surface area contributed by atoms with Crippen molar-refractivity contribution in [2.45, 2.75) is 25.8 Å². The van der Waals surface area contributed by atoms with Gasteiger partial charge in [-0.3, -0.25) is 24.6 Å². The summed E-state index contributed by atoms with van der Waals surface area (Å²) in [5.41, 5.74) is 0.324. The fourth-order valence-corrected chi connectivity index (χ4v) is 2.80. The van der Waals surface area contributed by atoms with Crippen LogP contribution in [0.4, 0.5) is 11.4 Å². The third-order valence-electron chi connectivity index (χ3n) is 4.32. The van der Waals surface area contributed by atoms with E-state index in [1.54, 1.807) is 13.0 Å². The molecule has 0 bridgehead atoms. The molecule has 1 fully saturated rings. The van der Waals surface area contributed by atoms with Gasteiger partial charge in [-0.25, -0.2) is 0 Å². The van der Waals surface area contributed by atoms with E-state index in [0.717, 1.165) is 0 Å². The average Bonchev–Trinajstić information content (AvgIpc) is 2.60. The summed E-state index contributed by atoms with van der Waals surface area (Å²) in [4.78, 5) is 36.1. The van der Waals surface area contributed by atoms with Crippen LogP contribution >= 0.6 is 0 Å². The van der Waals surface area contributed by atoms with Crippen LogP contribution < -0.4 is 5.32 Å². The first-order chi connectivity index (χ1) is 11.4. The largest absolute Gasteiger partial charge is 0.469 e. The van der Waals surface area contributed by atoms with Crippen molar-refractivity contribution in [3.8, 4) is 0 Å². The fourth-order valence-electron chi connectivity index (χ4n) is 2.80. The summed E-state index contributed by atoms with van der Waals surface area (Å²) in [5, 5.41) is 13.5. The van der Waals surface area contributed by atoms with Crippen molar-refractivity contribution in [1.82, 2.24) is 4.90 Å². The number of nitro groups is 1. The maximum Gasteiger partial charge on any atom is 0.308 e. The van der Waals surface area contributed by atoms with Gasteiger partial charge in [-0.05, 0) is 38.9 Å². The van der Waals surface area contributed by atoms with Gasteiger partial charge < -0.3 is 10.1 Å². The third kappa shape index (κ3) is 4.29. The van der Waals surface area contributed by atoms with Crippen molar-refractivity contribution < 1.29 is 19.2 Å². The van der Waals surface area contributed by atoms with Crippen LogP contribution in [0.25, 0.3) is 0 Å². The van der Waals surface area contributed by atoms with E-state index >= 15 is 0 Å². The van der Waals surface area contributed by atoms with E-state index in [-0.39, 0.29) is 29.5 Å². The highest BCUT2D eigenvalue weighted by atomic mass is 16.6. The fraction of sp³-hybridized carbons (Fsp3) is 0.500. The molecular formula is C16H21N3O5. The van der Waals surface area contributed by atoms with E-state index in [4.69, 9.17) is 4.74 Å². The number of benzene rings is 1. The molecule has 8 heteroatoms. The van der Waals surface area contributed by atoms with Crippen LogP contribution in [0.3, 0.4) is 0 Å². The van der Waals surface area contributed by atoms with Gasteiger partial charge in [0.2, 0.25) is 5.91 Å². The van der Waals surface area contributed by atoms with E-state index in [1.807, 2.05) is 4.90 Å². The van der Waals surface area contributed by atoms with Crippen molar-refractivity contribution in [3.05, 3.63) is 34.4 Å². The van der Waals surface area contributed by atoms with Crippen molar-refractivity contribution in [3.63, 3.8) is 0 Å². The predicted octanol–water partition coefficient (Wildman–Crippen LogP) is 1.81. The summed E-state index contributed by atoms with van der Waals surface area (Å²) < 4.78 is 4.75. The standard InChI is InChI=1S/C16H21N3O5/c1-11(18-8-6-12(7-9-18)16(21)24-2)15(20)17-13-4-3-5-14(10-13)19(22)23/h3-5,10-12H,6-9H2,1-2H3,(H,17,20). The summed E-state index contributed by atoms with van der Waals surface area (Å²) in [6, 6.07) is 5.45. The van der Waals surface area contributed by atoms with Crippen LogP contribution in [0.2, 0.25) is 0 Å². The topological polar surface area (TPSA) is 102 Å². The normalized spacial score (nSPS) is 17.1. The number of nitrogens with one attached hydrogen (secondary N) is 1. The Hall–Kier alpha value is -2.48. The van der Waals surface area contributed by atoms with Crippen molar-refractivity contribution in [1.29, 1.82) is 0 Å². The highest BCUT2D eigenvalue weighted by Crippen LogP contribution is 2.21.